The third-order valence-corrected chi connectivity index (χ3v) is 5.03. The molecular weight excluding hydrogens is 356 g/mol. The number of anilines is 2. The van der Waals surface area contributed by atoms with E-state index in [1.807, 2.05) is 42.3 Å². The summed E-state index contributed by atoms with van der Waals surface area (Å²) in [5.41, 5.74) is 2.05. The van der Waals surface area contributed by atoms with E-state index in [1.54, 1.807) is 12.1 Å². The van der Waals surface area contributed by atoms with Crippen molar-refractivity contribution in [1.29, 1.82) is 0 Å². The molecule has 1 aliphatic heterocycles. The minimum atomic E-state index is -0.404. The highest BCUT2D eigenvalue weighted by molar-refractivity contribution is 5.95. The van der Waals surface area contributed by atoms with Crippen LogP contribution in [0.5, 0.6) is 0 Å². The van der Waals surface area contributed by atoms with E-state index in [1.165, 1.54) is 6.07 Å². The second kappa shape index (κ2) is 9.21. The highest BCUT2D eigenvalue weighted by Crippen LogP contribution is 2.31. The molecule has 1 aliphatic rings. The van der Waals surface area contributed by atoms with Crippen molar-refractivity contribution in [1.82, 2.24) is 5.32 Å². The Labute approximate surface area is 165 Å². The number of nitro benzene ring substituents is 1. The monoisotopic (exact) mass is 382 g/mol. The molecule has 0 unspecified atom stereocenters. The highest BCUT2D eigenvalue weighted by Gasteiger charge is 2.23. The molecule has 1 saturated heterocycles. The fraction of sp³-hybridized carbons (Fsp3) is 0.381. The van der Waals surface area contributed by atoms with Gasteiger partial charge in [0, 0.05) is 50.5 Å². The maximum Gasteiger partial charge on any atom is 0.293 e. The Morgan fingerprint density at radius 1 is 1.18 bits per heavy atom. The number of para-hydroxylation sites is 1. The molecule has 2 aromatic carbocycles. The lowest BCUT2D eigenvalue weighted by Gasteiger charge is -2.19. The van der Waals surface area contributed by atoms with Crippen LogP contribution in [0, 0.1) is 10.1 Å². The molecule has 2 aromatic rings. The number of hydrogen-bond donors (Lipinski definition) is 1. The Bertz CT molecular complexity index is 820. The number of nitrogens with one attached hydrogen (secondary N) is 1. The summed E-state index contributed by atoms with van der Waals surface area (Å²) in [4.78, 5) is 27.6. The topological polar surface area (TPSA) is 78.7 Å². The maximum absolute atomic E-state index is 12.4. The SMILES string of the molecule is CN(CCCNC(=O)c1ccc(N2CCCC2)c([N+](=O)[O-])c1)c1ccccc1. The molecule has 28 heavy (non-hydrogen) atoms. The van der Waals surface area contributed by atoms with Gasteiger partial charge >= 0.3 is 0 Å². The molecule has 1 N–H and O–H groups in total. The van der Waals surface area contributed by atoms with Crippen molar-refractivity contribution in [2.45, 2.75) is 19.3 Å². The number of hydrogen-bond acceptors (Lipinski definition) is 5. The average Bonchev–Trinajstić information content (AvgIpc) is 3.25. The standard InChI is InChI=1S/C21H26N4O3/c1-23(18-8-3-2-4-9-18)13-7-12-22-21(26)17-10-11-19(20(16-17)25(27)28)24-14-5-6-15-24/h2-4,8-11,16H,5-7,12-15H2,1H3,(H,22,26). The Kier molecular flexibility index (Phi) is 6.47. The van der Waals surface area contributed by atoms with E-state index >= 15 is 0 Å². The third-order valence-electron chi connectivity index (χ3n) is 5.03. The van der Waals surface area contributed by atoms with E-state index in [0.29, 0.717) is 17.8 Å². The smallest absolute Gasteiger partial charge is 0.293 e. The van der Waals surface area contributed by atoms with E-state index in [0.717, 1.165) is 44.6 Å². The fourth-order valence-electron chi connectivity index (χ4n) is 3.47. The van der Waals surface area contributed by atoms with Crippen LogP contribution in [0.4, 0.5) is 17.1 Å². The quantitative estimate of drug-likeness (QED) is 0.430. The average molecular weight is 382 g/mol. The molecule has 0 aromatic heterocycles. The van der Waals surface area contributed by atoms with E-state index in [4.69, 9.17) is 0 Å². The van der Waals surface area contributed by atoms with Crippen LogP contribution < -0.4 is 15.1 Å². The first-order valence-electron chi connectivity index (χ1n) is 9.64. The molecule has 148 valence electrons. The zero-order valence-electron chi connectivity index (χ0n) is 16.1. The van der Waals surface area contributed by atoms with Crippen LogP contribution in [0.2, 0.25) is 0 Å². The number of rotatable bonds is 8. The van der Waals surface area contributed by atoms with Crippen molar-refractivity contribution in [3.8, 4) is 0 Å². The molecule has 0 radical (unpaired) electrons. The number of amides is 1. The van der Waals surface area contributed by atoms with Gasteiger partial charge in [0.15, 0.2) is 0 Å². The zero-order valence-corrected chi connectivity index (χ0v) is 16.1. The molecule has 1 heterocycles. The molecule has 0 bridgehead atoms. The van der Waals surface area contributed by atoms with Crippen molar-refractivity contribution in [3.05, 3.63) is 64.2 Å². The summed E-state index contributed by atoms with van der Waals surface area (Å²) >= 11 is 0. The lowest BCUT2D eigenvalue weighted by atomic mass is 10.1. The second-order valence-electron chi connectivity index (χ2n) is 7.02. The Balaban J connectivity index is 1.55. The maximum atomic E-state index is 12.4. The lowest BCUT2D eigenvalue weighted by molar-refractivity contribution is -0.384. The number of carbonyl (C=O) groups is 1. The highest BCUT2D eigenvalue weighted by atomic mass is 16.6. The molecule has 0 saturated carbocycles. The molecule has 0 aliphatic carbocycles. The van der Waals surface area contributed by atoms with Gasteiger partial charge in [-0.2, -0.15) is 0 Å². The molecule has 0 atom stereocenters. The van der Waals surface area contributed by atoms with E-state index in [-0.39, 0.29) is 11.6 Å². The Hall–Kier alpha value is -3.09. The Morgan fingerprint density at radius 3 is 2.57 bits per heavy atom. The first kappa shape index (κ1) is 19.7. The lowest BCUT2D eigenvalue weighted by Crippen LogP contribution is -2.28. The van der Waals surface area contributed by atoms with Gasteiger partial charge in [-0.1, -0.05) is 18.2 Å². The van der Waals surface area contributed by atoms with Gasteiger partial charge in [0.2, 0.25) is 0 Å². The summed E-state index contributed by atoms with van der Waals surface area (Å²) in [5.74, 6) is -0.279. The molecule has 3 rings (SSSR count). The number of carbonyl (C=O) groups excluding carboxylic acids is 1. The first-order chi connectivity index (χ1) is 13.6. The number of nitrogens with zero attached hydrogens (tertiary/aromatic N) is 3. The molecular formula is C21H26N4O3. The molecule has 7 nitrogen and oxygen atoms in total. The van der Waals surface area contributed by atoms with Crippen molar-refractivity contribution in [3.63, 3.8) is 0 Å². The first-order valence-corrected chi connectivity index (χ1v) is 9.64. The van der Waals surface area contributed by atoms with Crippen molar-refractivity contribution in [2.24, 2.45) is 0 Å². The second-order valence-corrected chi connectivity index (χ2v) is 7.02. The normalized spacial score (nSPS) is 13.4. The van der Waals surface area contributed by atoms with E-state index in [9.17, 15) is 14.9 Å². The van der Waals surface area contributed by atoms with Gasteiger partial charge in [-0.25, -0.2) is 0 Å². The summed E-state index contributed by atoms with van der Waals surface area (Å²) in [6.45, 7) is 2.96. The van der Waals surface area contributed by atoms with Crippen LogP contribution in [0.15, 0.2) is 48.5 Å². The molecule has 0 spiro atoms. The minimum Gasteiger partial charge on any atom is -0.375 e. The zero-order chi connectivity index (χ0) is 19.9. The van der Waals surface area contributed by atoms with Crippen molar-refractivity contribution in [2.75, 3.05) is 43.0 Å². The van der Waals surface area contributed by atoms with Crippen LogP contribution in [-0.2, 0) is 0 Å². The summed E-state index contributed by atoms with van der Waals surface area (Å²) < 4.78 is 0. The molecule has 1 fully saturated rings. The van der Waals surface area contributed by atoms with Gasteiger partial charge < -0.3 is 15.1 Å². The van der Waals surface area contributed by atoms with Gasteiger partial charge in [-0.05, 0) is 43.5 Å². The fourth-order valence-corrected chi connectivity index (χ4v) is 3.47. The van der Waals surface area contributed by atoms with Gasteiger partial charge in [0.25, 0.3) is 11.6 Å². The van der Waals surface area contributed by atoms with Crippen molar-refractivity contribution < 1.29 is 9.72 Å². The Morgan fingerprint density at radius 2 is 1.89 bits per heavy atom. The number of benzene rings is 2. The molecule has 1 amide bonds. The van der Waals surface area contributed by atoms with Crippen LogP contribution in [-0.4, -0.2) is 44.1 Å². The van der Waals surface area contributed by atoms with Crippen molar-refractivity contribution >= 4 is 23.0 Å². The molecule has 7 heteroatoms. The summed E-state index contributed by atoms with van der Waals surface area (Å²) in [6.07, 6.45) is 2.86. The third kappa shape index (κ3) is 4.79. The van der Waals surface area contributed by atoms with Crippen LogP contribution >= 0.6 is 0 Å². The van der Waals surface area contributed by atoms with Gasteiger partial charge in [-0.15, -0.1) is 0 Å². The predicted octanol–water partition coefficient (Wildman–Crippen LogP) is 3.45. The summed E-state index contributed by atoms with van der Waals surface area (Å²) in [5, 5.41) is 14.3. The summed E-state index contributed by atoms with van der Waals surface area (Å²) in [7, 11) is 2.01. The van der Waals surface area contributed by atoms with Crippen LogP contribution in [0.1, 0.15) is 29.6 Å². The number of nitro groups is 1. The minimum absolute atomic E-state index is 0.00152. The van der Waals surface area contributed by atoms with Gasteiger partial charge in [-0.3, -0.25) is 14.9 Å². The van der Waals surface area contributed by atoms with Gasteiger partial charge in [0.05, 0.1) is 4.92 Å². The predicted molar refractivity (Wildman–Crippen MR) is 111 cm³/mol. The van der Waals surface area contributed by atoms with Gasteiger partial charge in [0.1, 0.15) is 5.69 Å². The largest absolute Gasteiger partial charge is 0.375 e. The van der Waals surface area contributed by atoms with E-state index < -0.39 is 4.92 Å². The van der Waals surface area contributed by atoms with Crippen LogP contribution in [0.25, 0.3) is 0 Å². The van der Waals surface area contributed by atoms with Crippen LogP contribution in [0.3, 0.4) is 0 Å². The summed E-state index contributed by atoms with van der Waals surface area (Å²) in [6, 6.07) is 14.8. The van der Waals surface area contributed by atoms with E-state index in [2.05, 4.69) is 10.2 Å².